The van der Waals surface area contributed by atoms with E-state index in [1.807, 2.05) is 61.5 Å². The van der Waals surface area contributed by atoms with Crippen LogP contribution in [0.15, 0.2) is 82.0 Å². The second-order valence-electron chi connectivity index (χ2n) is 6.33. The topological polar surface area (TPSA) is 83.3 Å². The maximum atomic E-state index is 12.3. The lowest BCUT2D eigenvalue weighted by Crippen LogP contribution is -2.17. The van der Waals surface area contributed by atoms with E-state index >= 15 is 0 Å². The number of allylic oxidation sites excluding steroid dienone is 1. The number of carbonyl (C=O) groups is 1. The summed E-state index contributed by atoms with van der Waals surface area (Å²) in [6.45, 7) is 1.87. The van der Waals surface area contributed by atoms with Crippen LogP contribution in [0.5, 0.6) is 0 Å². The van der Waals surface area contributed by atoms with Crippen LogP contribution in [0.4, 0.5) is 0 Å². The molecule has 4 aromatic rings. The van der Waals surface area contributed by atoms with Crippen LogP contribution in [-0.4, -0.2) is 22.3 Å². The van der Waals surface area contributed by atoms with Crippen molar-refractivity contribution in [3.63, 3.8) is 0 Å². The molecule has 6 heteroatoms. The molecule has 6 nitrogen and oxygen atoms in total. The van der Waals surface area contributed by atoms with E-state index in [1.54, 1.807) is 18.5 Å². The molecule has 2 heterocycles. The summed E-state index contributed by atoms with van der Waals surface area (Å²) in [5.41, 5.74) is 5.32. The molecule has 2 aromatic heterocycles. The molecule has 2 aromatic carbocycles. The average Bonchev–Trinajstić information content (AvgIpc) is 3.39. The minimum absolute atomic E-state index is 0.341. The highest BCUT2D eigenvalue weighted by Crippen LogP contribution is 2.23. The first-order valence-electron chi connectivity index (χ1n) is 8.79. The highest BCUT2D eigenvalue weighted by Gasteiger charge is 2.10. The van der Waals surface area contributed by atoms with Gasteiger partial charge in [0.25, 0.3) is 5.91 Å². The molecular formula is C22H18N4O2. The number of hydrazone groups is 1. The molecule has 0 spiro atoms. The molecule has 0 aliphatic carbocycles. The number of benzene rings is 2. The van der Waals surface area contributed by atoms with Gasteiger partial charge in [0.1, 0.15) is 11.5 Å². The van der Waals surface area contributed by atoms with Gasteiger partial charge in [-0.1, -0.05) is 36.4 Å². The second kappa shape index (κ2) is 7.75. The van der Waals surface area contributed by atoms with Gasteiger partial charge in [0, 0.05) is 5.56 Å². The van der Waals surface area contributed by atoms with E-state index in [0.717, 1.165) is 27.7 Å². The second-order valence-corrected chi connectivity index (χ2v) is 6.33. The van der Waals surface area contributed by atoms with Crippen LogP contribution in [0.2, 0.25) is 0 Å². The third-order valence-corrected chi connectivity index (χ3v) is 4.22. The summed E-state index contributed by atoms with van der Waals surface area (Å²) in [5.74, 6) is 0.366. The Morgan fingerprint density at radius 2 is 1.96 bits per heavy atom. The number of nitrogens with zero attached hydrogens (tertiary/aromatic N) is 2. The lowest BCUT2D eigenvalue weighted by atomic mass is 10.1. The molecule has 28 heavy (non-hydrogen) atoms. The largest absolute Gasteiger partial charge is 0.465 e. The number of nitrogens with one attached hydrogen (secondary N) is 2. The van der Waals surface area contributed by atoms with Crippen LogP contribution in [0.25, 0.3) is 28.1 Å². The lowest BCUT2D eigenvalue weighted by Gasteiger charge is -2.00. The van der Waals surface area contributed by atoms with E-state index in [9.17, 15) is 4.79 Å². The third-order valence-electron chi connectivity index (χ3n) is 4.22. The van der Waals surface area contributed by atoms with Gasteiger partial charge in [-0.15, -0.1) is 0 Å². The molecule has 138 valence electrons. The third kappa shape index (κ3) is 3.91. The quantitative estimate of drug-likeness (QED) is 0.396. The summed E-state index contributed by atoms with van der Waals surface area (Å²) in [5, 5.41) is 13.3. The van der Waals surface area contributed by atoms with E-state index in [0.29, 0.717) is 11.4 Å². The molecule has 0 aliphatic rings. The zero-order chi connectivity index (χ0) is 19.3. The molecule has 0 radical (unpaired) electrons. The Labute approximate surface area is 161 Å². The smallest absolute Gasteiger partial charge is 0.289 e. The standard InChI is InChI=1S/C22H18N4O2/c1-15(11-19-7-4-10-28-19)14-23-26-22(27)21-13-20(24-25-21)18-9-8-16-5-2-3-6-17(16)12-18/h2-14H,1H3,(H,24,25)(H,26,27)/b15-11-,23-14+. The van der Waals surface area contributed by atoms with E-state index in [2.05, 4.69) is 26.8 Å². The predicted molar refractivity (Wildman–Crippen MR) is 110 cm³/mol. The maximum Gasteiger partial charge on any atom is 0.289 e. The van der Waals surface area contributed by atoms with Crippen LogP contribution in [0, 0.1) is 0 Å². The van der Waals surface area contributed by atoms with E-state index in [1.165, 1.54) is 0 Å². The highest BCUT2D eigenvalue weighted by atomic mass is 16.3. The summed E-state index contributed by atoms with van der Waals surface area (Å²) < 4.78 is 5.23. The van der Waals surface area contributed by atoms with Crippen LogP contribution < -0.4 is 5.43 Å². The van der Waals surface area contributed by atoms with Gasteiger partial charge in [0.2, 0.25) is 0 Å². The average molecular weight is 370 g/mol. The van der Waals surface area contributed by atoms with Crippen LogP contribution in [0.3, 0.4) is 0 Å². The van der Waals surface area contributed by atoms with Gasteiger partial charge in [0.15, 0.2) is 0 Å². The molecule has 0 atom stereocenters. The minimum atomic E-state index is -0.360. The molecule has 0 aliphatic heterocycles. The van der Waals surface area contributed by atoms with Crippen molar-refractivity contribution in [2.45, 2.75) is 6.92 Å². The molecule has 0 fully saturated rings. The van der Waals surface area contributed by atoms with Crippen molar-refractivity contribution in [2.24, 2.45) is 5.10 Å². The molecule has 1 amide bonds. The van der Waals surface area contributed by atoms with E-state index in [4.69, 9.17) is 4.42 Å². The normalized spacial score (nSPS) is 12.0. The van der Waals surface area contributed by atoms with Gasteiger partial charge >= 0.3 is 0 Å². The number of rotatable bonds is 5. The van der Waals surface area contributed by atoms with Gasteiger partial charge in [-0.3, -0.25) is 9.89 Å². The van der Waals surface area contributed by atoms with E-state index in [-0.39, 0.29) is 5.91 Å². The number of H-pyrrole nitrogens is 1. The highest BCUT2D eigenvalue weighted by molar-refractivity contribution is 5.95. The van der Waals surface area contributed by atoms with Gasteiger partial charge in [-0.05, 0) is 53.6 Å². The molecule has 0 unspecified atom stereocenters. The lowest BCUT2D eigenvalue weighted by molar-refractivity contribution is 0.0950. The predicted octanol–water partition coefficient (Wildman–Crippen LogP) is 4.64. The van der Waals surface area contributed by atoms with Crippen LogP contribution >= 0.6 is 0 Å². The van der Waals surface area contributed by atoms with Gasteiger partial charge < -0.3 is 4.42 Å². The van der Waals surface area contributed by atoms with Crippen molar-refractivity contribution in [1.82, 2.24) is 15.6 Å². The molecule has 0 saturated carbocycles. The van der Waals surface area contributed by atoms with Crippen molar-refractivity contribution in [2.75, 3.05) is 0 Å². The number of hydrogen-bond donors (Lipinski definition) is 2. The Bertz CT molecular complexity index is 1170. The van der Waals surface area contributed by atoms with Crippen LogP contribution in [0.1, 0.15) is 23.2 Å². The summed E-state index contributed by atoms with van der Waals surface area (Å²) in [6.07, 6.45) is 4.98. The van der Waals surface area contributed by atoms with Crippen molar-refractivity contribution in [1.29, 1.82) is 0 Å². The first-order chi connectivity index (χ1) is 13.7. The van der Waals surface area contributed by atoms with Crippen molar-refractivity contribution >= 4 is 29.0 Å². The number of hydrogen-bond acceptors (Lipinski definition) is 4. The zero-order valence-corrected chi connectivity index (χ0v) is 15.2. The first kappa shape index (κ1) is 17.5. The van der Waals surface area contributed by atoms with Gasteiger partial charge in [-0.25, -0.2) is 5.43 Å². The number of fused-ring (bicyclic) bond motifs is 1. The fraction of sp³-hybridized carbons (Fsp3) is 0.0455. The molecule has 2 N–H and O–H groups in total. The number of amides is 1. The fourth-order valence-corrected chi connectivity index (χ4v) is 2.82. The Kier molecular flexibility index (Phi) is 4.84. The first-order valence-corrected chi connectivity index (χ1v) is 8.79. The van der Waals surface area contributed by atoms with Gasteiger partial charge in [0.05, 0.1) is 18.2 Å². The summed E-state index contributed by atoms with van der Waals surface area (Å²) in [6, 6.07) is 19.5. The maximum absolute atomic E-state index is 12.3. The molecule has 4 rings (SSSR count). The van der Waals surface area contributed by atoms with Crippen molar-refractivity contribution < 1.29 is 9.21 Å². The molecule has 0 saturated heterocycles. The summed E-state index contributed by atoms with van der Waals surface area (Å²) in [4.78, 5) is 12.3. The summed E-state index contributed by atoms with van der Waals surface area (Å²) >= 11 is 0. The number of carbonyl (C=O) groups excluding carboxylic acids is 1. The monoisotopic (exact) mass is 370 g/mol. The fourth-order valence-electron chi connectivity index (χ4n) is 2.82. The molecule has 0 bridgehead atoms. The Balaban J connectivity index is 1.44. The Morgan fingerprint density at radius 1 is 1.11 bits per heavy atom. The number of aromatic nitrogens is 2. The Hall–Kier alpha value is -3.93. The SMILES string of the molecule is CC(=C/c1ccco1)/C=N/NC(=O)c1cc(-c2ccc3ccccc3c2)n[nH]1. The Morgan fingerprint density at radius 3 is 2.79 bits per heavy atom. The number of furan rings is 1. The minimum Gasteiger partial charge on any atom is -0.465 e. The van der Waals surface area contributed by atoms with Crippen LogP contribution in [-0.2, 0) is 0 Å². The number of aromatic amines is 1. The zero-order valence-electron chi connectivity index (χ0n) is 15.2. The molecular weight excluding hydrogens is 352 g/mol. The van der Waals surface area contributed by atoms with Gasteiger partial charge in [-0.2, -0.15) is 10.2 Å². The summed E-state index contributed by atoms with van der Waals surface area (Å²) in [7, 11) is 0. The van der Waals surface area contributed by atoms with Crippen molar-refractivity contribution in [3.05, 3.63) is 84.0 Å². The van der Waals surface area contributed by atoms with Crippen molar-refractivity contribution in [3.8, 4) is 11.3 Å². The van der Waals surface area contributed by atoms with E-state index < -0.39 is 0 Å².